The molecule has 64 valence electrons. The largest absolute Gasteiger partial charge is 0.476 e. The molecule has 1 rings (SSSR count). The number of imidazole rings is 1. The molecule has 0 fully saturated rings. The molecule has 5 nitrogen and oxygen atoms in total. The first-order valence-corrected chi connectivity index (χ1v) is 3.31. The molecule has 0 unspecified atom stereocenters. The molecule has 0 aliphatic rings. The Morgan fingerprint density at radius 1 is 1.92 bits per heavy atom. The second-order valence-corrected chi connectivity index (χ2v) is 2.22. The van der Waals surface area contributed by atoms with Gasteiger partial charge in [0.2, 0.25) is 0 Å². The number of nitrogens with two attached hydrogens (primary N) is 1. The fraction of sp³-hybridized carbons (Fsp3) is 0.143. The number of hydrogen-bond donors (Lipinski definition) is 2. The number of carbonyl (C=O) groups is 1. The molecule has 5 heteroatoms. The highest BCUT2D eigenvalue weighted by molar-refractivity contribution is 5.90. The maximum absolute atomic E-state index is 10.6. The van der Waals surface area contributed by atoms with Gasteiger partial charge in [0.05, 0.1) is 6.33 Å². The Bertz CT molecular complexity index is 316. The molecule has 1 aromatic rings. The van der Waals surface area contributed by atoms with Crippen molar-refractivity contribution in [1.82, 2.24) is 9.55 Å². The number of nitrogen functional groups attached to an aromatic ring is 1. The van der Waals surface area contributed by atoms with Crippen LogP contribution in [0.4, 0.5) is 5.82 Å². The van der Waals surface area contributed by atoms with Crippen LogP contribution in [0.2, 0.25) is 0 Å². The van der Waals surface area contributed by atoms with E-state index >= 15 is 0 Å². The predicted octanol–water partition coefficient (Wildman–Crippen LogP) is 0.349. The summed E-state index contributed by atoms with van der Waals surface area (Å²) >= 11 is 0. The van der Waals surface area contributed by atoms with Gasteiger partial charge in [-0.1, -0.05) is 6.08 Å². The maximum atomic E-state index is 10.6. The van der Waals surface area contributed by atoms with Crippen LogP contribution in [0.1, 0.15) is 10.5 Å². The van der Waals surface area contributed by atoms with E-state index in [1.165, 1.54) is 10.9 Å². The maximum Gasteiger partial charge on any atom is 0.356 e. The number of aromatic nitrogens is 2. The summed E-state index contributed by atoms with van der Waals surface area (Å²) in [6.07, 6.45) is 2.95. The zero-order valence-corrected chi connectivity index (χ0v) is 6.40. The molecule has 0 aromatic carbocycles. The molecule has 0 amide bonds. The highest BCUT2D eigenvalue weighted by Gasteiger charge is 2.14. The van der Waals surface area contributed by atoms with E-state index in [1.807, 2.05) is 0 Å². The third-order valence-corrected chi connectivity index (χ3v) is 1.39. The van der Waals surface area contributed by atoms with Gasteiger partial charge in [-0.2, -0.15) is 0 Å². The van der Waals surface area contributed by atoms with Gasteiger partial charge in [-0.05, 0) is 0 Å². The Morgan fingerprint density at radius 3 is 3.08 bits per heavy atom. The number of aromatic carboxylic acids is 1. The summed E-state index contributed by atoms with van der Waals surface area (Å²) in [4.78, 5) is 14.3. The van der Waals surface area contributed by atoms with Crippen molar-refractivity contribution in [1.29, 1.82) is 0 Å². The zero-order chi connectivity index (χ0) is 9.14. The van der Waals surface area contributed by atoms with E-state index < -0.39 is 5.97 Å². The summed E-state index contributed by atoms with van der Waals surface area (Å²) in [6.45, 7) is 3.88. The van der Waals surface area contributed by atoms with Gasteiger partial charge in [-0.15, -0.1) is 6.58 Å². The van der Waals surface area contributed by atoms with Crippen LogP contribution in [-0.4, -0.2) is 20.6 Å². The summed E-state index contributed by atoms with van der Waals surface area (Å²) in [6, 6.07) is 0. The van der Waals surface area contributed by atoms with Crippen molar-refractivity contribution < 1.29 is 9.90 Å². The highest BCUT2D eigenvalue weighted by atomic mass is 16.4. The van der Waals surface area contributed by atoms with Crippen molar-refractivity contribution in [2.45, 2.75) is 6.54 Å². The third-order valence-electron chi connectivity index (χ3n) is 1.39. The van der Waals surface area contributed by atoms with Gasteiger partial charge in [0.1, 0.15) is 0 Å². The van der Waals surface area contributed by atoms with E-state index in [4.69, 9.17) is 10.8 Å². The monoisotopic (exact) mass is 167 g/mol. The topological polar surface area (TPSA) is 81.1 Å². The van der Waals surface area contributed by atoms with Gasteiger partial charge in [-0.3, -0.25) is 0 Å². The van der Waals surface area contributed by atoms with Crippen LogP contribution in [0, 0.1) is 0 Å². The van der Waals surface area contributed by atoms with Gasteiger partial charge in [-0.25, -0.2) is 9.78 Å². The van der Waals surface area contributed by atoms with Crippen LogP contribution in [0.3, 0.4) is 0 Å². The van der Waals surface area contributed by atoms with Crippen molar-refractivity contribution in [3.05, 3.63) is 24.7 Å². The standard InChI is InChI=1S/C7H9N3O2/c1-2-3-10-4-9-6(8)5(10)7(11)12/h2,4H,1,3,8H2,(H,11,12). The Hall–Kier alpha value is -1.78. The molecule has 0 atom stereocenters. The first kappa shape index (κ1) is 8.32. The van der Waals surface area contributed by atoms with E-state index in [1.54, 1.807) is 6.08 Å². The van der Waals surface area contributed by atoms with E-state index in [9.17, 15) is 4.79 Å². The van der Waals surface area contributed by atoms with Crippen molar-refractivity contribution >= 4 is 11.8 Å². The Balaban J connectivity index is 3.11. The minimum absolute atomic E-state index is 0.00917. The summed E-state index contributed by atoms with van der Waals surface area (Å²) in [5.74, 6) is -1.05. The molecule has 1 heterocycles. The zero-order valence-electron chi connectivity index (χ0n) is 6.40. The summed E-state index contributed by atoms with van der Waals surface area (Å²) in [5.41, 5.74) is 5.33. The molecule has 3 N–H and O–H groups in total. The molecule has 1 aromatic heterocycles. The smallest absolute Gasteiger partial charge is 0.356 e. The van der Waals surface area contributed by atoms with Crippen LogP contribution < -0.4 is 5.73 Å². The van der Waals surface area contributed by atoms with Crippen LogP contribution >= 0.6 is 0 Å². The Morgan fingerprint density at radius 2 is 2.58 bits per heavy atom. The van der Waals surface area contributed by atoms with E-state index in [2.05, 4.69) is 11.6 Å². The molecule has 0 radical (unpaired) electrons. The molecule has 0 saturated heterocycles. The fourth-order valence-electron chi connectivity index (χ4n) is 0.908. The second kappa shape index (κ2) is 3.08. The number of anilines is 1. The van der Waals surface area contributed by atoms with E-state index in [0.717, 1.165) is 0 Å². The lowest BCUT2D eigenvalue weighted by molar-refractivity contribution is 0.0687. The normalized spacial score (nSPS) is 9.67. The molecule has 0 aliphatic carbocycles. The van der Waals surface area contributed by atoms with Gasteiger partial charge in [0, 0.05) is 6.54 Å². The minimum Gasteiger partial charge on any atom is -0.476 e. The fourth-order valence-corrected chi connectivity index (χ4v) is 0.908. The first-order valence-electron chi connectivity index (χ1n) is 3.31. The molecule has 12 heavy (non-hydrogen) atoms. The SMILES string of the molecule is C=CCn1cnc(N)c1C(=O)O. The molecule has 0 bridgehead atoms. The first-order chi connectivity index (χ1) is 5.66. The number of rotatable bonds is 3. The Kier molecular flexibility index (Phi) is 2.14. The summed E-state index contributed by atoms with van der Waals surface area (Å²) < 4.78 is 1.42. The summed E-state index contributed by atoms with van der Waals surface area (Å²) in [5, 5.41) is 8.69. The van der Waals surface area contributed by atoms with Gasteiger partial charge in [0.15, 0.2) is 11.5 Å². The highest BCUT2D eigenvalue weighted by Crippen LogP contribution is 2.08. The minimum atomic E-state index is -1.08. The van der Waals surface area contributed by atoms with Gasteiger partial charge >= 0.3 is 5.97 Å². The molecule has 0 saturated carbocycles. The molecule has 0 aliphatic heterocycles. The molecular weight excluding hydrogens is 158 g/mol. The van der Waals surface area contributed by atoms with Crippen LogP contribution in [0.5, 0.6) is 0 Å². The third kappa shape index (κ3) is 1.29. The number of nitrogens with zero attached hydrogens (tertiary/aromatic N) is 2. The van der Waals surface area contributed by atoms with Gasteiger partial charge < -0.3 is 15.4 Å². The van der Waals surface area contributed by atoms with Crippen molar-refractivity contribution in [2.24, 2.45) is 0 Å². The number of carboxylic acid groups (broad SMARTS) is 1. The molecular formula is C7H9N3O2. The van der Waals surface area contributed by atoms with Crippen molar-refractivity contribution in [3.63, 3.8) is 0 Å². The average Bonchev–Trinajstić information content (AvgIpc) is 2.32. The lowest BCUT2D eigenvalue weighted by Gasteiger charge is -1.99. The Labute approximate surface area is 69.1 Å². The van der Waals surface area contributed by atoms with Crippen molar-refractivity contribution in [2.75, 3.05) is 5.73 Å². The van der Waals surface area contributed by atoms with Crippen molar-refractivity contribution in [3.8, 4) is 0 Å². The lowest BCUT2D eigenvalue weighted by Crippen LogP contribution is -2.09. The average molecular weight is 167 g/mol. The second-order valence-electron chi connectivity index (χ2n) is 2.22. The summed E-state index contributed by atoms with van der Waals surface area (Å²) in [7, 11) is 0. The number of allylic oxidation sites excluding steroid dienone is 1. The van der Waals surface area contributed by atoms with E-state index in [0.29, 0.717) is 6.54 Å². The number of carboxylic acids is 1. The van der Waals surface area contributed by atoms with Crippen LogP contribution in [0.25, 0.3) is 0 Å². The van der Waals surface area contributed by atoms with Crippen LogP contribution in [0.15, 0.2) is 19.0 Å². The predicted molar refractivity (Wildman–Crippen MR) is 43.8 cm³/mol. The quantitative estimate of drug-likeness (QED) is 0.636. The lowest BCUT2D eigenvalue weighted by atomic mass is 10.4. The van der Waals surface area contributed by atoms with Crippen LogP contribution in [-0.2, 0) is 6.54 Å². The number of hydrogen-bond acceptors (Lipinski definition) is 3. The van der Waals surface area contributed by atoms with Gasteiger partial charge in [0.25, 0.3) is 0 Å². The van der Waals surface area contributed by atoms with E-state index in [-0.39, 0.29) is 11.5 Å². The molecule has 0 spiro atoms.